The van der Waals surface area contributed by atoms with Gasteiger partial charge in [0, 0.05) is 39.3 Å². The van der Waals surface area contributed by atoms with Gasteiger partial charge in [0.15, 0.2) is 0 Å². The molecule has 0 aromatic carbocycles. The van der Waals surface area contributed by atoms with Crippen molar-refractivity contribution in [2.75, 3.05) is 45.0 Å². The summed E-state index contributed by atoms with van der Waals surface area (Å²) >= 11 is 0. The number of rotatable bonds is 5. The standard InChI is InChI=1S/C8H19N3O2S/c1-2-10-14(12,13)8-7-11-5-3-9-4-6-11/h9-10H,2-8H2,1H3. The van der Waals surface area contributed by atoms with Crippen LogP contribution in [0.5, 0.6) is 0 Å². The molecule has 0 spiro atoms. The molecule has 1 aliphatic rings. The largest absolute Gasteiger partial charge is 0.314 e. The van der Waals surface area contributed by atoms with Gasteiger partial charge in [0.05, 0.1) is 5.75 Å². The molecule has 6 heteroatoms. The van der Waals surface area contributed by atoms with Crippen molar-refractivity contribution in [1.82, 2.24) is 14.9 Å². The summed E-state index contributed by atoms with van der Waals surface area (Å²) in [6.07, 6.45) is 0. The van der Waals surface area contributed by atoms with Gasteiger partial charge in [-0.2, -0.15) is 0 Å². The van der Waals surface area contributed by atoms with Crippen LogP contribution in [0.3, 0.4) is 0 Å². The summed E-state index contributed by atoms with van der Waals surface area (Å²) in [6.45, 7) is 6.72. The molecule has 84 valence electrons. The Morgan fingerprint density at radius 2 is 2.00 bits per heavy atom. The summed E-state index contributed by atoms with van der Waals surface area (Å²) in [5.74, 6) is 0.209. The molecule has 1 rings (SSSR count). The normalized spacial score (nSPS) is 19.8. The van der Waals surface area contributed by atoms with Gasteiger partial charge in [0.1, 0.15) is 0 Å². The Balaban J connectivity index is 2.24. The zero-order valence-electron chi connectivity index (χ0n) is 8.62. The summed E-state index contributed by atoms with van der Waals surface area (Å²) in [6, 6.07) is 0. The fourth-order valence-corrected chi connectivity index (χ4v) is 2.56. The van der Waals surface area contributed by atoms with Crippen molar-refractivity contribution in [3.63, 3.8) is 0 Å². The van der Waals surface area contributed by atoms with Gasteiger partial charge in [-0.3, -0.25) is 4.90 Å². The van der Waals surface area contributed by atoms with Crippen molar-refractivity contribution >= 4 is 10.0 Å². The first-order valence-corrected chi connectivity index (χ1v) is 6.69. The summed E-state index contributed by atoms with van der Waals surface area (Å²) in [5.41, 5.74) is 0. The molecule has 0 aliphatic carbocycles. The van der Waals surface area contributed by atoms with Crippen LogP contribution in [0.1, 0.15) is 6.92 Å². The summed E-state index contributed by atoms with van der Waals surface area (Å²) < 4.78 is 25.1. The molecule has 5 nitrogen and oxygen atoms in total. The molecule has 1 saturated heterocycles. The Labute approximate surface area is 85.9 Å². The maximum absolute atomic E-state index is 11.3. The highest BCUT2D eigenvalue weighted by Gasteiger charge is 2.14. The van der Waals surface area contributed by atoms with Crippen molar-refractivity contribution < 1.29 is 8.42 Å². The molecule has 0 aromatic heterocycles. The molecule has 0 aromatic rings. The molecular formula is C8H19N3O2S. The second kappa shape index (κ2) is 5.65. The Hall–Kier alpha value is -0.170. The van der Waals surface area contributed by atoms with Gasteiger partial charge >= 0.3 is 0 Å². The number of hydrogen-bond acceptors (Lipinski definition) is 4. The second-order valence-electron chi connectivity index (χ2n) is 3.41. The number of hydrogen-bond donors (Lipinski definition) is 2. The molecular weight excluding hydrogens is 202 g/mol. The lowest BCUT2D eigenvalue weighted by Crippen LogP contribution is -2.45. The van der Waals surface area contributed by atoms with E-state index in [1.165, 1.54) is 0 Å². The van der Waals surface area contributed by atoms with Crippen molar-refractivity contribution in [3.8, 4) is 0 Å². The minimum absolute atomic E-state index is 0.209. The van der Waals surface area contributed by atoms with E-state index in [0.29, 0.717) is 13.1 Å². The highest BCUT2D eigenvalue weighted by molar-refractivity contribution is 7.89. The topological polar surface area (TPSA) is 61.4 Å². The predicted octanol–water partition coefficient (Wildman–Crippen LogP) is -1.17. The van der Waals surface area contributed by atoms with Crippen LogP contribution in [0.4, 0.5) is 0 Å². The fraction of sp³-hybridized carbons (Fsp3) is 1.00. The monoisotopic (exact) mass is 221 g/mol. The summed E-state index contributed by atoms with van der Waals surface area (Å²) in [5, 5.41) is 3.23. The third-order valence-electron chi connectivity index (χ3n) is 2.25. The zero-order valence-corrected chi connectivity index (χ0v) is 9.44. The van der Waals surface area contributed by atoms with E-state index >= 15 is 0 Å². The van der Waals surface area contributed by atoms with E-state index in [4.69, 9.17) is 0 Å². The van der Waals surface area contributed by atoms with Crippen LogP contribution < -0.4 is 10.0 Å². The van der Waals surface area contributed by atoms with Gasteiger partial charge in [-0.15, -0.1) is 0 Å². The van der Waals surface area contributed by atoms with E-state index in [9.17, 15) is 8.42 Å². The van der Waals surface area contributed by atoms with Gasteiger partial charge in [0.2, 0.25) is 10.0 Å². The smallest absolute Gasteiger partial charge is 0.212 e. The van der Waals surface area contributed by atoms with Gasteiger partial charge in [-0.05, 0) is 0 Å². The van der Waals surface area contributed by atoms with Gasteiger partial charge in [-0.1, -0.05) is 6.92 Å². The molecule has 1 heterocycles. The van der Waals surface area contributed by atoms with Crippen LogP contribution in [-0.4, -0.2) is 58.3 Å². The molecule has 0 bridgehead atoms. The van der Waals surface area contributed by atoms with Crippen LogP contribution >= 0.6 is 0 Å². The molecule has 0 radical (unpaired) electrons. The average molecular weight is 221 g/mol. The maximum Gasteiger partial charge on any atom is 0.212 e. The van der Waals surface area contributed by atoms with Crippen molar-refractivity contribution in [3.05, 3.63) is 0 Å². The van der Waals surface area contributed by atoms with Crippen LogP contribution in [0.15, 0.2) is 0 Å². The number of nitrogens with one attached hydrogen (secondary N) is 2. The minimum Gasteiger partial charge on any atom is -0.314 e. The maximum atomic E-state index is 11.3. The van der Waals surface area contributed by atoms with E-state index in [2.05, 4.69) is 14.9 Å². The van der Waals surface area contributed by atoms with Gasteiger partial charge < -0.3 is 5.32 Å². The summed E-state index contributed by atoms with van der Waals surface area (Å²) in [7, 11) is -3.04. The zero-order chi connectivity index (χ0) is 10.4. The molecule has 1 fully saturated rings. The van der Waals surface area contributed by atoms with Gasteiger partial charge in [0.25, 0.3) is 0 Å². The SMILES string of the molecule is CCNS(=O)(=O)CCN1CCNCC1. The fourth-order valence-electron chi connectivity index (χ4n) is 1.48. The lowest BCUT2D eigenvalue weighted by atomic mass is 10.4. The quantitative estimate of drug-likeness (QED) is 0.614. The molecule has 0 atom stereocenters. The Kier molecular flexibility index (Phi) is 4.80. The summed E-state index contributed by atoms with van der Waals surface area (Å²) in [4.78, 5) is 2.17. The van der Waals surface area contributed by atoms with Crippen LogP contribution in [0, 0.1) is 0 Å². The highest BCUT2D eigenvalue weighted by atomic mass is 32.2. The highest BCUT2D eigenvalue weighted by Crippen LogP contribution is 1.93. The molecule has 0 saturated carbocycles. The Bertz CT molecular complexity index is 247. The van der Waals surface area contributed by atoms with Crippen molar-refractivity contribution in [1.29, 1.82) is 0 Å². The average Bonchev–Trinajstić information content (AvgIpc) is 2.17. The third kappa shape index (κ3) is 4.36. The second-order valence-corrected chi connectivity index (χ2v) is 5.33. The Morgan fingerprint density at radius 1 is 1.36 bits per heavy atom. The minimum atomic E-state index is -3.04. The number of piperazine rings is 1. The lowest BCUT2D eigenvalue weighted by molar-refractivity contribution is 0.253. The molecule has 2 N–H and O–H groups in total. The lowest BCUT2D eigenvalue weighted by Gasteiger charge is -2.26. The van der Waals surface area contributed by atoms with E-state index in [-0.39, 0.29) is 5.75 Å². The number of sulfonamides is 1. The van der Waals surface area contributed by atoms with E-state index in [1.807, 2.05) is 0 Å². The van der Waals surface area contributed by atoms with Crippen LogP contribution in [0.25, 0.3) is 0 Å². The predicted molar refractivity (Wildman–Crippen MR) is 56.8 cm³/mol. The molecule has 0 unspecified atom stereocenters. The van der Waals surface area contributed by atoms with Gasteiger partial charge in [-0.25, -0.2) is 13.1 Å². The van der Waals surface area contributed by atoms with E-state index in [0.717, 1.165) is 26.2 Å². The Morgan fingerprint density at radius 3 is 2.57 bits per heavy atom. The first-order valence-electron chi connectivity index (χ1n) is 5.04. The number of nitrogens with zero attached hydrogens (tertiary/aromatic N) is 1. The van der Waals surface area contributed by atoms with Crippen LogP contribution in [-0.2, 0) is 10.0 Å². The van der Waals surface area contributed by atoms with E-state index < -0.39 is 10.0 Å². The van der Waals surface area contributed by atoms with E-state index in [1.54, 1.807) is 6.92 Å². The third-order valence-corrected chi connectivity index (χ3v) is 3.70. The van der Waals surface area contributed by atoms with Crippen molar-refractivity contribution in [2.45, 2.75) is 6.92 Å². The molecule has 0 amide bonds. The molecule has 1 aliphatic heterocycles. The van der Waals surface area contributed by atoms with Crippen molar-refractivity contribution in [2.24, 2.45) is 0 Å². The molecule has 14 heavy (non-hydrogen) atoms. The first kappa shape index (κ1) is 11.9. The van der Waals surface area contributed by atoms with Crippen LogP contribution in [0.2, 0.25) is 0 Å². The first-order chi connectivity index (χ1) is 6.64.